The number of amides is 1. The number of aromatic nitrogens is 4. The summed E-state index contributed by atoms with van der Waals surface area (Å²) in [7, 11) is 0. The number of nitrogens with zero attached hydrogens (tertiary/aromatic N) is 4. The van der Waals surface area contributed by atoms with Crippen LogP contribution in [0.2, 0.25) is 0 Å². The number of rotatable bonds is 6. The second-order valence-corrected chi connectivity index (χ2v) is 7.96. The van der Waals surface area contributed by atoms with Gasteiger partial charge in [0.2, 0.25) is 11.1 Å². The second-order valence-electron chi connectivity index (χ2n) is 6.65. The van der Waals surface area contributed by atoms with Crippen LogP contribution >= 0.6 is 11.8 Å². The predicted molar refractivity (Wildman–Crippen MR) is 108 cm³/mol. The third-order valence-electron chi connectivity index (χ3n) is 4.27. The van der Waals surface area contributed by atoms with Crippen LogP contribution in [0, 0.1) is 6.92 Å². The molecule has 0 spiro atoms. The molecule has 0 fully saturated rings. The van der Waals surface area contributed by atoms with Crippen molar-refractivity contribution in [1.82, 2.24) is 20.2 Å². The molecule has 27 heavy (non-hydrogen) atoms. The lowest BCUT2D eigenvalue weighted by Crippen LogP contribution is -2.24. The fourth-order valence-electron chi connectivity index (χ4n) is 2.76. The maximum absolute atomic E-state index is 12.8. The van der Waals surface area contributed by atoms with Gasteiger partial charge >= 0.3 is 0 Å². The Balaban J connectivity index is 1.76. The molecule has 0 radical (unpaired) electrons. The Morgan fingerprint density at radius 3 is 2.52 bits per heavy atom. The number of anilines is 1. The van der Waals surface area contributed by atoms with Crippen molar-refractivity contribution in [2.45, 2.75) is 44.0 Å². The van der Waals surface area contributed by atoms with E-state index in [1.165, 1.54) is 11.8 Å². The summed E-state index contributed by atoms with van der Waals surface area (Å²) in [6.45, 7) is 8.11. The molecule has 7 heteroatoms. The van der Waals surface area contributed by atoms with E-state index in [2.05, 4.69) is 40.8 Å². The van der Waals surface area contributed by atoms with E-state index in [0.29, 0.717) is 11.1 Å². The van der Waals surface area contributed by atoms with Gasteiger partial charge in [0, 0.05) is 5.69 Å². The van der Waals surface area contributed by atoms with Crippen LogP contribution in [0.25, 0.3) is 5.69 Å². The van der Waals surface area contributed by atoms with Gasteiger partial charge in [-0.1, -0.05) is 62.0 Å². The zero-order chi connectivity index (χ0) is 19.4. The molecular formula is C20H23N5OS. The summed E-state index contributed by atoms with van der Waals surface area (Å²) < 4.78 is 1.64. The van der Waals surface area contributed by atoms with Crippen LogP contribution in [0.15, 0.2) is 53.7 Å². The van der Waals surface area contributed by atoms with Gasteiger partial charge in [-0.15, -0.1) is 5.10 Å². The van der Waals surface area contributed by atoms with Crippen molar-refractivity contribution in [3.05, 3.63) is 59.7 Å². The molecule has 0 aliphatic rings. The van der Waals surface area contributed by atoms with E-state index in [1.54, 1.807) is 4.68 Å². The van der Waals surface area contributed by atoms with Crippen LogP contribution in [0.3, 0.4) is 0 Å². The van der Waals surface area contributed by atoms with E-state index in [0.717, 1.165) is 22.5 Å². The first-order valence-corrected chi connectivity index (χ1v) is 9.76. The average molecular weight is 382 g/mol. The fraction of sp³-hybridized carbons (Fsp3) is 0.300. The number of tetrazole rings is 1. The summed E-state index contributed by atoms with van der Waals surface area (Å²) in [5.74, 6) is 0.257. The first-order chi connectivity index (χ1) is 13.0. The van der Waals surface area contributed by atoms with E-state index in [9.17, 15) is 4.79 Å². The van der Waals surface area contributed by atoms with E-state index in [1.807, 2.05) is 56.3 Å². The largest absolute Gasteiger partial charge is 0.325 e. The number of benzene rings is 2. The molecular weight excluding hydrogens is 358 g/mol. The Kier molecular flexibility index (Phi) is 5.91. The van der Waals surface area contributed by atoms with E-state index in [4.69, 9.17) is 0 Å². The zero-order valence-electron chi connectivity index (χ0n) is 15.9. The lowest BCUT2D eigenvalue weighted by molar-refractivity contribution is -0.115. The van der Waals surface area contributed by atoms with E-state index < -0.39 is 0 Å². The summed E-state index contributed by atoms with van der Waals surface area (Å²) in [6, 6.07) is 15.7. The summed E-state index contributed by atoms with van der Waals surface area (Å²) in [6.07, 6.45) is 0. The molecule has 1 heterocycles. The smallest absolute Gasteiger partial charge is 0.237 e. The SMILES string of the molecule is Cc1cccc(C(C)C)c1NC(=O)C(C)Sc1nnnn1-c1ccccc1. The third kappa shape index (κ3) is 4.36. The fourth-order valence-corrected chi connectivity index (χ4v) is 3.57. The first kappa shape index (κ1) is 19.1. The van der Waals surface area contributed by atoms with Crippen molar-refractivity contribution in [2.24, 2.45) is 0 Å². The lowest BCUT2D eigenvalue weighted by Gasteiger charge is -2.18. The van der Waals surface area contributed by atoms with Gasteiger partial charge in [0.15, 0.2) is 0 Å². The van der Waals surface area contributed by atoms with Gasteiger partial charge in [0.05, 0.1) is 10.9 Å². The van der Waals surface area contributed by atoms with Crippen molar-refractivity contribution in [1.29, 1.82) is 0 Å². The number of nitrogens with one attached hydrogen (secondary N) is 1. The number of para-hydroxylation sites is 2. The minimum atomic E-state index is -0.349. The lowest BCUT2D eigenvalue weighted by atomic mass is 9.98. The maximum atomic E-state index is 12.8. The third-order valence-corrected chi connectivity index (χ3v) is 5.30. The van der Waals surface area contributed by atoms with Crippen LogP contribution < -0.4 is 5.32 Å². The van der Waals surface area contributed by atoms with Crippen molar-refractivity contribution in [3.63, 3.8) is 0 Å². The Labute approximate surface area is 163 Å². The summed E-state index contributed by atoms with van der Waals surface area (Å²) in [4.78, 5) is 12.8. The highest BCUT2D eigenvalue weighted by Crippen LogP contribution is 2.29. The Morgan fingerprint density at radius 1 is 1.07 bits per heavy atom. The highest BCUT2D eigenvalue weighted by molar-refractivity contribution is 8.00. The Bertz CT molecular complexity index is 923. The number of aryl methyl sites for hydroxylation is 1. The quantitative estimate of drug-likeness (QED) is 0.648. The number of hydrogen-bond donors (Lipinski definition) is 1. The minimum Gasteiger partial charge on any atom is -0.325 e. The molecule has 0 aliphatic carbocycles. The molecule has 3 rings (SSSR count). The average Bonchev–Trinajstić information content (AvgIpc) is 3.11. The molecule has 1 amide bonds. The van der Waals surface area contributed by atoms with Gasteiger partial charge in [0.25, 0.3) is 0 Å². The molecule has 3 aromatic rings. The van der Waals surface area contributed by atoms with Gasteiger partial charge in [-0.2, -0.15) is 4.68 Å². The molecule has 6 nitrogen and oxygen atoms in total. The highest BCUT2D eigenvalue weighted by Gasteiger charge is 2.21. The molecule has 0 saturated carbocycles. The monoisotopic (exact) mass is 381 g/mol. The van der Waals surface area contributed by atoms with Gasteiger partial charge in [-0.3, -0.25) is 4.79 Å². The number of hydrogen-bond acceptors (Lipinski definition) is 5. The molecule has 0 aliphatic heterocycles. The predicted octanol–water partition coefficient (Wildman–Crippen LogP) is 4.21. The van der Waals surface area contributed by atoms with Crippen LogP contribution in [0.5, 0.6) is 0 Å². The maximum Gasteiger partial charge on any atom is 0.237 e. The molecule has 1 atom stereocenters. The van der Waals surface area contributed by atoms with Crippen LogP contribution in [-0.4, -0.2) is 31.4 Å². The molecule has 1 unspecified atom stereocenters. The van der Waals surface area contributed by atoms with Crippen molar-refractivity contribution in [3.8, 4) is 5.69 Å². The van der Waals surface area contributed by atoms with Crippen molar-refractivity contribution in [2.75, 3.05) is 5.32 Å². The minimum absolute atomic E-state index is 0.0705. The summed E-state index contributed by atoms with van der Waals surface area (Å²) in [5, 5.41) is 15.2. The van der Waals surface area contributed by atoms with Crippen LogP contribution in [-0.2, 0) is 4.79 Å². The number of carbonyl (C=O) groups is 1. The highest BCUT2D eigenvalue weighted by atomic mass is 32.2. The first-order valence-electron chi connectivity index (χ1n) is 8.88. The Hall–Kier alpha value is -2.67. The normalized spacial score (nSPS) is 12.2. The van der Waals surface area contributed by atoms with Crippen molar-refractivity contribution < 1.29 is 4.79 Å². The topological polar surface area (TPSA) is 72.7 Å². The summed E-state index contributed by atoms with van der Waals surface area (Å²) in [5.41, 5.74) is 3.95. The molecule has 0 saturated heterocycles. The van der Waals surface area contributed by atoms with Gasteiger partial charge in [-0.05, 0) is 53.5 Å². The van der Waals surface area contributed by atoms with Gasteiger partial charge in [-0.25, -0.2) is 0 Å². The molecule has 140 valence electrons. The van der Waals surface area contributed by atoms with Gasteiger partial charge < -0.3 is 5.32 Å². The van der Waals surface area contributed by atoms with E-state index in [-0.39, 0.29) is 11.2 Å². The van der Waals surface area contributed by atoms with Gasteiger partial charge in [0.1, 0.15) is 0 Å². The summed E-state index contributed by atoms with van der Waals surface area (Å²) >= 11 is 1.33. The van der Waals surface area contributed by atoms with E-state index >= 15 is 0 Å². The van der Waals surface area contributed by atoms with Crippen LogP contribution in [0.1, 0.15) is 37.8 Å². The molecule has 2 aromatic carbocycles. The standard InChI is InChI=1S/C20H23N5OS/c1-13(2)17-12-8-9-14(3)18(17)21-19(26)15(4)27-20-22-23-24-25(20)16-10-6-5-7-11-16/h5-13,15H,1-4H3,(H,21,26). The molecule has 1 aromatic heterocycles. The van der Waals surface area contributed by atoms with Crippen LogP contribution in [0.4, 0.5) is 5.69 Å². The Morgan fingerprint density at radius 2 is 1.81 bits per heavy atom. The zero-order valence-corrected chi connectivity index (χ0v) is 16.7. The molecule has 1 N–H and O–H groups in total. The second kappa shape index (κ2) is 8.35. The number of carbonyl (C=O) groups excluding carboxylic acids is 1. The molecule has 0 bridgehead atoms. The number of thioether (sulfide) groups is 1. The van der Waals surface area contributed by atoms with Crippen molar-refractivity contribution >= 4 is 23.4 Å².